The number of rotatable bonds is 6. The van der Waals surface area contributed by atoms with Crippen LogP contribution in [0, 0.1) is 13.8 Å². The lowest BCUT2D eigenvalue weighted by atomic mass is 10.1. The number of unbranched alkanes of at least 4 members (excludes halogenated alkanes) is 1. The number of aromatic nitrogens is 4. The molecule has 2 aromatic rings. The third-order valence-corrected chi connectivity index (χ3v) is 4.16. The predicted molar refractivity (Wildman–Crippen MR) is 86.1 cm³/mol. The Labute approximate surface area is 144 Å². The summed E-state index contributed by atoms with van der Waals surface area (Å²) in [6, 6.07) is 0. The molecule has 0 saturated carbocycles. The SMILES string of the molecule is CCCCN(C)C(=O)CCc1c(C)nc2nc(C(F)(F)F)nn2c1C. The van der Waals surface area contributed by atoms with Crippen LogP contribution in [0.25, 0.3) is 5.78 Å². The Morgan fingerprint density at radius 1 is 1.24 bits per heavy atom. The van der Waals surface area contributed by atoms with Gasteiger partial charge in [-0.2, -0.15) is 18.2 Å². The van der Waals surface area contributed by atoms with Gasteiger partial charge in [-0.1, -0.05) is 13.3 Å². The van der Waals surface area contributed by atoms with Crippen molar-refractivity contribution in [2.24, 2.45) is 0 Å². The van der Waals surface area contributed by atoms with Crippen LogP contribution >= 0.6 is 0 Å². The van der Waals surface area contributed by atoms with Gasteiger partial charge >= 0.3 is 6.18 Å². The number of hydrogen-bond donors (Lipinski definition) is 0. The van der Waals surface area contributed by atoms with Gasteiger partial charge in [0.1, 0.15) is 0 Å². The molecule has 0 atom stereocenters. The van der Waals surface area contributed by atoms with E-state index in [1.54, 1.807) is 25.8 Å². The molecule has 2 aromatic heterocycles. The lowest BCUT2D eigenvalue weighted by Crippen LogP contribution is -2.28. The molecule has 1 amide bonds. The second-order valence-electron chi connectivity index (χ2n) is 6.07. The van der Waals surface area contributed by atoms with Crippen molar-refractivity contribution < 1.29 is 18.0 Å². The quantitative estimate of drug-likeness (QED) is 0.797. The normalized spacial score (nSPS) is 12.0. The molecule has 2 heterocycles. The minimum atomic E-state index is -4.62. The molecule has 25 heavy (non-hydrogen) atoms. The number of aryl methyl sites for hydroxylation is 2. The zero-order valence-electron chi connectivity index (χ0n) is 14.8. The van der Waals surface area contributed by atoms with Crippen molar-refractivity contribution >= 4 is 11.7 Å². The minimum Gasteiger partial charge on any atom is -0.346 e. The van der Waals surface area contributed by atoms with E-state index < -0.39 is 12.0 Å². The predicted octanol–water partition coefficient (Wildman–Crippen LogP) is 2.95. The summed E-state index contributed by atoms with van der Waals surface area (Å²) in [6.45, 7) is 6.12. The first-order valence-corrected chi connectivity index (χ1v) is 8.19. The third-order valence-electron chi connectivity index (χ3n) is 4.16. The van der Waals surface area contributed by atoms with E-state index >= 15 is 0 Å². The molecule has 0 aliphatic rings. The first kappa shape index (κ1) is 19.1. The van der Waals surface area contributed by atoms with Gasteiger partial charge in [0.05, 0.1) is 0 Å². The molecule has 6 nitrogen and oxygen atoms in total. The molecule has 0 fully saturated rings. The molecule has 0 saturated heterocycles. The Bertz CT molecular complexity index is 769. The van der Waals surface area contributed by atoms with E-state index in [2.05, 4.69) is 22.0 Å². The van der Waals surface area contributed by atoms with Crippen molar-refractivity contribution in [3.63, 3.8) is 0 Å². The Morgan fingerprint density at radius 2 is 1.92 bits per heavy atom. The molecule has 138 valence electrons. The highest BCUT2D eigenvalue weighted by Gasteiger charge is 2.36. The highest BCUT2D eigenvalue weighted by Crippen LogP contribution is 2.27. The molecule has 0 N–H and O–H groups in total. The average molecular weight is 357 g/mol. The van der Waals surface area contributed by atoms with Crippen molar-refractivity contribution in [2.45, 2.75) is 52.6 Å². The van der Waals surface area contributed by atoms with Crippen LogP contribution in [0.4, 0.5) is 13.2 Å². The molecule has 9 heteroatoms. The fourth-order valence-corrected chi connectivity index (χ4v) is 2.63. The molecular formula is C16H22F3N5O. The van der Waals surface area contributed by atoms with Crippen LogP contribution in [0.5, 0.6) is 0 Å². The van der Waals surface area contributed by atoms with Gasteiger partial charge in [0.25, 0.3) is 11.6 Å². The Kier molecular flexibility index (Phi) is 5.64. The molecular weight excluding hydrogens is 335 g/mol. The maximum Gasteiger partial charge on any atom is 0.453 e. The van der Waals surface area contributed by atoms with Crippen molar-refractivity contribution in [1.82, 2.24) is 24.5 Å². The van der Waals surface area contributed by atoms with Crippen molar-refractivity contribution in [2.75, 3.05) is 13.6 Å². The summed E-state index contributed by atoms with van der Waals surface area (Å²) in [7, 11) is 1.76. The van der Waals surface area contributed by atoms with Gasteiger partial charge in [-0.25, -0.2) is 9.50 Å². The summed E-state index contributed by atoms with van der Waals surface area (Å²) in [4.78, 5) is 21.4. The average Bonchev–Trinajstić information content (AvgIpc) is 2.96. The highest BCUT2D eigenvalue weighted by molar-refractivity contribution is 5.76. The van der Waals surface area contributed by atoms with E-state index in [4.69, 9.17) is 0 Å². The topological polar surface area (TPSA) is 63.4 Å². The zero-order valence-corrected chi connectivity index (χ0v) is 14.8. The first-order chi connectivity index (χ1) is 11.6. The van der Waals surface area contributed by atoms with Crippen molar-refractivity contribution in [1.29, 1.82) is 0 Å². The van der Waals surface area contributed by atoms with Gasteiger partial charge in [-0.05, 0) is 32.3 Å². The van der Waals surface area contributed by atoms with Gasteiger partial charge in [-0.3, -0.25) is 4.79 Å². The van der Waals surface area contributed by atoms with Gasteiger partial charge in [0, 0.05) is 31.4 Å². The smallest absolute Gasteiger partial charge is 0.346 e. The Balaban J connectivity index is 2.22. The lowest BCUT2D eigenvalue weighted by Gasteiger charge is -2.17. The van der Waals surface area contributed by atoms with Crippen LogP contribution in [0.2, 0.25) is 0 Å². The summed E-state index contributed by atoms with van der Waals surface area (Å²) in [5.74, 6) is -1.30. The van der Waals surface area contributed by atoms with Gasteiger partial charge < -0.3 is 4.90 Å². The van der Waals surface area contributed by atoms with Crippen LogP contribution in [0.1, 0.15) is 49.0 Å². The van der Waals surface area contributed by atoms with Gasteiger partial charge in [0.15, 0.2) is 0 Å². The van der Waals surface area contributed by atoms with E-state index in [1.165, 1.54) is 0 Å². The van der Waals surface area contributed by atoms with Crippen molar-refractivity contribution in [3.05, 3.63) is 22.8 Å². The summed E-state index contributed by atoms with van der Waals surface area (Å²) >= 11 is 0. The van der Waals surface area contributed by atoms with Crippen LogP contribution in [0.3, 0.4) is 0 Å². The second-order valence-corrected chi connectivity index (χ2v) is 6.07. The molecule has 0 radical (unpaired) electrons. The monoisotopic (exact) mass is 357 g/mol. The maximum absolute atomic E-state index is 12.8. The Morgan fingerprint density at radius 3 is 2.52 bits per heavy atom. The highest BCUT2D eigenvalue weighted by atomic mass is 19.4. The van der Waals surface area contributed by atoms with Gasteiger partial charge in [0.2, 0.25) is 5.91 Å². The van der Waals surface area contributed by atoms with Crippen LogP contribution in [-0.4, -0.2) is 44.0 Å². The molecule has 0 unspecified atom stereocenters. The van der Waals surface area contributed by atoms with Gasteiger partial charge in [-0.15, -0.1) is 5.10 Å². The summed E-state index contributed by atoms with van der Waals surface area (Å²) in [6.07, 6.45) is -2.00. The largest absolute Gasteiger partial charge is 0.453 e. The number of halogens is 3. The number of fused-ring (bicyclic) bond motifs is 1. The second kappa shape index (κ2) is 7.37. The Hall–Kier alpha value is -2.19. The molecule has 0 aliphatic carbocycles. The maximum atomic E-state index is 12.8. The first-order valence-electron chi connectivity index (χ1n) is 8.19. The molecule has 0 spiro atoms. The van der Waals surface area contributed by atoms with Crippen LogP contribution in [0.15, 0.2) is 0 Å². The van der Waals surface area contributed by atoms with E-state index in [-0.39, 0.29) is 18.1 Å². The van der Waals surface area contributed by atoms with E-state index in [0.29, 0.717) is 24.4 Å². The number of hydrogen-bond acceptors (Lipinski definition) is 4. The lowest BCUT2D eigenvalue weighted by molar-refractivity contribution is -0.144. The van der Waals surface area contributed by atoms with E-state index in [9.17, 15) is 18.0 Å². The number of amides is 1. The number of alkyl halides is 3. The molecule has 2 rings (SSSR count). The van der Waals surface area contributed by atoms with Crippen molar-refractivity contribution in [3.8, 4) is 0 Å². The molecule has 0 aliphatic heterocycles. The summed E-state index contributed by atoms with van der Waals surface area (Å²) in [5, 5.41) is 3.51. The number of carbonyl (C=O) groups excluding carboxylic acids is 1. The number of carbonyl (C=O) groups is 1. The van der Waals surface area contributed by atoms with Crippen LogP contribution < -0.4 is 0 Å². The molecule has 0 bridgehead atoms. The minimum absolute atomic E-state index is 0.00178. The third kappa shape index (κ3) is 4.26. The van der Waals surface area contributed by atoms with Crippen LogP contribution in [-0.2, 0) is 17.4 Å². The van der Waals surface area contributed by atoms with E-state index in [1.807, 2.05) is 0 Å². The zero-order chi connectivity index (χ0) is 18.8. The summed E-state index contributed by atoms with van der Waals surface area (Å²) in [5.41, 5.74) is 1.81. The fraction of sp³-hybridized carbons (Fsp3) is 0.625. The summed E-state index contributed by atoms with van der Waals surface area (Å²) < 4.78 is 39.5. The number of nitrogens with zero attached hydrogens (tertiary/aromatic N) is 5. The standard InChI is InChI=1S/C16H22F3N5O/c1-5-6-9-23(4)13(25)8-7-12-10(2)20-15-21-14(16(17,18)19)22-24(15)11(12)3/h5-9H2,1-4H3. The fourth-order valence-electron chi connectivity index (χ4n) is 2.63. The van der Waals surface area contributed by atoms with E-state index in [0.717, 1.165) is 22.9 Å². The molecule has 0 aromatic carbocycles.